The van der Waals surface area contributed by atoms with Gasteiger partial charge >= 0.3 is 0 Å². The van der Waals surface area contributed by atoms with Gasteiger partial charge in [0, 0.05) is 5.56 Å². The van der Waals surface area contributed by atoms with Crippen LogP contribution in [0, 0.1) is 11.3 Å². The van der Waals surface area contributed by atoms with E-state index in [1.807, 2.05) is 6.07 Å². The van der Waals surface area contributed by atoms with Crippen molar-refractivity contribution >= 4 is 28.3 Å². The predicted molar refractivity (Wildman–Crippen MR) is 64.9 cm³/mol. The van der Waals surface area contributed by atoms with Gasteiger partial charge in [-0.15, -0.1) is 19.0 Å². The van der Waals surface area contributed by atoms with Crippen molar-refractivity contribution in [2.45, 2.75) is 6.04 Å². The van der Waals surface area contributed by atoms with Crippen molar-refractivity contribution in [3.8, 4) is 11.8 Å². The highest BCUT2D eigenvalue weighted by atomic mass is 79.9. The van der Waals surface area contributed by atoms with Crippen molar-refractivity contribution in [1.29, 1.82) is 5.26 Å². The van der Waals surface area contributed by atoms with Crippen LogP contribution in [-0.2, 0) is 0 Å². The van der Waals surface area contributed by atoms with Crippen LogP contribution >= 0.6 is 28.3 Å². The Labute approximate surface area is 103 Å². The van der Waals surface area contributed by atoms with Gasteiger partial charge in [0.15, 0.2) is 0 Å². The summed E-state index contributed by atoms with van der Waals surface area (Å²) in [6, 6.07) is 4.60. The number of rotatable bonds is 2. The molecule has 5 heteroatoms. The Hall–Kier alpha value is -1.02. The number of phenols is 1. The summed E-state index contributed by atoms with van der Waals surface area (Å²) < 4.78 is 0.462. The number of aromatic hydroxyl groups is 1. The number of hydrogen-bond donors (Lipinski definition) is 2. The summed E-state index contributed by atoms with van der Waals surface area (Å²) in [7, 11) is 0. The van der Waals surface area contributed by atoms with E-state index in [2.05, 4.69) is 22.5 Å². The summed E-state index contributed by atoms with van der Waals surface area (Å²) in [6.45, 7) is 3.53. The van der Waals surface area contributed by atoms with E-state index in [0.29, 0.717) is 15.6 Å². The summed E-state index contributed by atoms with van der Waals surface area (Å²) >= 11 is 3.14. The molecule has 0 aromatic heterocycles. The van der Waals surface area contributed by atoms with Crippen LogP contribution < -0.4 is 5.73 Å². The molecule has 1 aromatic rings. The van der Waals surface area contributed by atoms with Crippen LogP contribution in [0.4, 0.5) is 0 Å². The molecule has 15 heavy (non-hydrogen) atoms. The number of phenolic OH excluding ortho intramolecular Hbond substituents is 1. The molecule has 3 N–H and O–H groups in total. The second-order valence-corrected chi connectivity index (χ2v) is 3.62. The molecule has 0 amide bonds. The van der Waals surface area contributed by atoms with Crippen LogP contribution in [0.3, 0.4) is 0 Å². The lowest BCUT2D eigenvalue weighted by atomic mass is 10.0. The van der Waals surface area contributed by atoms with Crippen LogP contribution in [0.15, 0.2) is 29.3 Å². The van der Waals surface area contributed by atoms with Crippen LogP contribution in [0.5, 0.6) is 5.75 Å². The quantitative estimate of drug-likeness (QED) is 0.822. The highest BCUT2D eigenvalue weighted by molar-refractivity contribution is 9.10. The molecule has 0 unspecified atom stereocenters. The number of halogens is 2. The molecule has 0 fully saturated rings. The van der Waals surface area contributed by atoms with E-state index in [1.165, 1.54) is 12.1 Å². The van der Waals surface area contributed by atoms with Gasteiger partial charge in [-0.3, -0.25) is 0 Å². The monoisotopic (exact) mass is 288 g/mol. The normalized spacial score (nSPS) is 11.0. The number of nitriles is 1. The van der Waals surface area contributed by atoms with E-state index in [0.717, 1.165) is 0 Å². The van der Waals surface area contributed by atoms with Gasteiger partial charge < -0.3 is 10.8 Å². The average molecular weight is 290 g/mol. The van der Waals surface area contributed by atoms with E-state index in [4.69, 9.17) is 11.0 Å². The minimum absolute atomic E-state index is 0. The van der Waals surface area contributed by atoms with Crippen molar-refractivity contribution in [3.63, 3.8) is 0 Å². The zero-order valence-electron chi connectivity index (χ0n) is 7.77. The third-order valence-corrected chi connectivity index (χ3v) is 2.44. The first kappa shape index (κ1) is 14.0. The lowest BCUT2D eigenvalue weighted by Gasteiger charge is -2.10. The van der Waals surface area contributed by atoms with E-state index < -0.39 is 6.04 Å². The molecule has 0 saturated heterocycles. The predicted octanol–water partition coefficient (Wildman–Crippen LogP) is 2.63. The summed E-state index contributed by atoms with van der Waals surface area (Å²) in [5.74, 6) is 0.0522. The molecule has 0 aliphatic rings. The van der Waals surface area contributed by atoms with Crippen LogP contribution in [0.1, 0.15) is 17.2 Å². The molecule has 0 bridgehead atoms. The van der Waals surface area contributed by atoms with E-state index in [-0.39, 0.29) is 18.2 Å². The van der Waals surface area contributed by atoms with Gasteiger partial charge in [0.2, 0.25) is 0 Å². The SMILES string of the molecule is C=C[C@@H](N)c1cc(C#N)cc(Br)c1O.Cl. The third-order valence-electron chi connectivity index (χ3n) is 1.84. The van der Waals surface area contributed by atoms with Crippen molar-refractivity contribution in [2.75, 3.05) is 0 Å². The van der Waals surface area contributed by atoms with Crippen LogP contribution in [0.25, 0.3) is 0 Å². The maximum Gasteiger partial charge on any atom is 0.134 e. The lowest BCUT2D eigenvalue weighted by Crippen LogP contribution is -2.07. The molecule has 0 heterocycles. The van der Waals surface area contributed by atoms with Crippen LogP contribution in [-0.4, -0.2) is 5.11 Å². The fraction of sp³-hybridized carbons (Fsp3) is 0.100. The van der Waals surface area contributed by atoms with Gasteiger partial charge in [-0.1, -0.05) is 6.08 Å². The Bertz CT molecular complexity index is 415. The second kappa shape index (κ2) is 5.76. The smallest absolute Gasteiger partial charge is 0.134 e. The second-order valence-electron chi connectivity index (χ2n) is 2.77. The first-order valence-corrected chi connectivity index (χ1v) is 4.70. The maximum atomic E-state index is 9.63. The lowest BCUT2D eigenvalue weighted by molar-refractivity contribution is 0.462. The summed E-state index contributed by atoms with van der Waals surface area (Å²) in [5, 5.41) is 18.3. The molecule has 0 spiro atoms. The highest BCUT2D eigenvalue weighted by Crippen LogP contribution is 2.32. The Kier molecular flexibility index (Phi) is 5.37. The van der Waals surface area contributed by atoms with Crippen molar-refractivity contribution < 1.29 is 5.11 Å². The fourth-order valence-corrected chi connectivity index (χ4v) is 1.54. The van der Waals surface area contributed by atoms with E-state index in [9.17, 15) is 5.11 Å². The van der Waals surface area contributed by atoms with Crippen LogP contribution in [0.2, 0.25) is 0 Å². The molecule has 3 nitrogen and oxygen atoms in total. The molecule has 1 rings (SSSR count). The highest BCUT2D eigenvalue weighted by Gasteiger charge is 2.12. The van der Waals surface area contributed by atoms with Gasteiger partial charge in [-0.05, 0) is 28.1 Å². The molecular weight excluding hydrogens is 279 g/mol. The van der Waals surface area contributed by atoms with Crippen molar-refractivity contribution in [3.05, 3.63) is 40.4 Å². The number of benzene rings is 1. The zero-order valence-corrected chi connectivity index (χ0v) is 10.2. The first-order chi connectivity index (χ1) is 6.60. The number of nitrogens with zero attached hydrogens (tertiary/aromatic N) is 1. The number of hydrogen-bond acceptors (Lipinski definition) is 3. The van der Waals surface area contributed by atoms with E-state index in [1.54, 1.807) is 6.07 Å². The average Bonchev–Trinajstić information content (AvgIpc) is 2.20. The first-order valence-electron chi connectivity index (χ1n) is 3.90. The summed E-state index contributed by atoms with van der Waals surface area (Å²) in [4.78, 5) is 0. The molecule has 0 aliphatic heterocycles. The molecule has 80 valence electrons. The molecule has 1 aromatic carbocycles. The minimum atomic E-state index is -0.473. The maximum absolute atomic E-state index is 9.63. The van der Waals surface area contributed by atoms with Gasteiger partial charge in [0.25, 0.3) is 0 Å². The van der Waals surface area contributed by atoms with Gasteiger partial charge in [-0.2, -0.15) is 5.26 Å². The molecule has 0 aliphatic carbocycles. The Morgan fingerprint density at radius 3 is 2.67 bits per heavy atom. The third kappa shape index (κ3) is 2.96. The van der Waals surface area contributed by atoms with Crippen molar-refractivity contribution in [2.24, 2.45) is 5.73 Å². The van der Waals surface area contributed by atoms with Gasteiger partial charge in [0.05, 0.1) is 22.1 Å². The largest absolute Gasteiger partial charge is 0.506 e. The molecule has 0 radical (unpaired) electrons. The Morgan fingerprint density at radius 1 is 1.60 bits per heavy atom. The zero-order chi connectivity index (χ0) is 10.7. The molecule has 0 saturated carbocycles. The standard InChI is InChI=1S/C10H9BrN2O.ClH/c1-2-9(13)7-3-6(5-12)4-8(11)10(7)14;/h2-4,9,14H,1,13H2;1H/t9-;/m1./s1. The molecule has 1 atom stereocenters. The van der Waals surface area contributed by atoms with Gasteiger partial charge in [0.1, 0.15) is 5.75 Å². The Morgan fingerprint density at radius 2 is 2.20 bits per heavy atom. The van der Waals surface area contributed by atoms with Gasteiger partial charge in [-0.25, -0.2) is 0 Å². The minimum Gasteiger partial charge on any atom is -0.506 e. The topological polar surface area (TPSA) is 70.0 Å². The molecular formula is C10H10BrClN2O. The number of nitrogens with two attached hydrogens (primary N) is 1. The fourth-order valence-electron chi connectivity index (χ4n) is 1.07. The summed E-state index contributed by atoms with van der Waals surface area (Å²) in [6.07, 6.45) is 1.50. The summed E-state index contributed by atoms with van der Waals surface area (Å²) in [5.41, 5.74) is 6.62. The van der Waals surface area contributed by atoms with Crippen molar-refractivity contribution in [1.82, 2.24) is 0 Å². The van der Waals surface area contributed by atoms with E-state index >= 15 is 0 Å². The Balaban J connectivity index is 0.00000196.